The van der Waals surface area contributed by atoms with Crippen LogP contribution in [0.4, 0.5) is 17.3 Å². The predicted molar refractivity (Wildman–Crippen MR) is 161 cm³/mol. The van der Waals surface area contributed by atoms with Crippen molar-refractivity contribution >= 4 is 29.1 Å². The molecule has 3 heterocycles. The number of aromatic nitrogens is 2. The summed E-state index contributed by atoms with van der Waals surface area (Å²) >= 11 is 0. The molecule has 0 radical (unpaired) electrons. The molecule has 2 aromatic carbocycles. The summed E-state index contributed by atoms with van der Waals surface area (Å²) in [5, 5.41) is 6.44. The number of primary amides is 1. The third-order valence-electron chi connectivity index (χ3n) is 8.92. The van der Waals surface area contributed by atoms with Crippen LogP contribution in [0, 0.1) is 0 Å². The molecular formula is C32H39N7O2. The number of rotatable bonds is 8. The minimum absolute atomic E-state index is 0.0180. The van der Waals surface area contributed by atoms with Gasteiger partial charge in [0.2, 0.25) is 0 Å². The molecule has 3 aromatic rings. The minimum Gasteiger partial charge on any atom is -0.364 e. The van der Waals surface area contributed by atoms with Crippen molar-refractivity contribution in [1.29, 1.82) is 0 Å². The summed E-state index contributed by atoms with van der Waals surface area (Å²) in [6.07, 6.45) is 8.42. The number of hydrogen-bond acceptors (Lipinski definition) is 7. The lowest BCUT2D eigenvalue weighted by Crippen LogP contribution is -2.48. The van der Waals surface area contributed by atoms with E-state index in [9.17, 15) is 9.59 Å². The van der Waals surface area contributed by atoms with Crippen molar-refractivity contribution < 1.29 is 9.59 Å². The van der Waals surface area contributed by atoms with Gasteiger partial charge in [-0.1, -0.05) is 37.3 Å². The van der Waals surface area contributed by atoms with E-state index >= 15 is 0 Å². The molecule has 1 saturated carbocycles. The first kappa shape index (κ1) is 27.2. The van der Waals surface area contributed by atoms with Crippen molar-refractivity contribution in [2.24, 2.45) is 5.73 Å². The Hall–Kier alpha value is -3.98. The molecule has 214 valence electrons. The number of nitrogens with two attached hydrogens (primary N) is 1. The first-order valence-electron chi connectivity index (χ1n) is 14.8. The topological polar surface area (TPSA) is 116 Å². The smallest absolute Gasteiger partial charge is 0.271 e. The monoisotopic (exact) mass is 553 g/mol. The number of amides is 2. The van der Waals surface area contributed by atoms with E-state index in [4.69, 9.17) is 10.7 Å². The number of carbonyl (C=O) groups excluding carboxylic acids is 2. The summed E-state index contributed by atoms with van der Waals surface area (Å²) in [5.74, 6) is 0.260. The highest BCUT2D eigenvalue weighted by atomic mass is 16.2. The lowest BCUT2D eigenvalue weighted by molar-refractivity contribution is 0.0932. The van der Waals surface area contributed by atoms with E-state index in [1.807, 2.05) is 42.5 Å². The number of carbonyl (C=O) groups is 2. The summed E-state index contributed by atoms with van der Waals surface area (Å²) in [6.45, 7) is 6.09. The third kappa shape index (κ3) is 6.20. The highest BCUT2D eigenvalue weighted by Crippen LogP contribution is 2.39. The third-order valence-corrected chi connectivity index (χ3v) is 8.92. The summed E-state index contributed by atoms with van der Waals surface area (Å²) < 4.78 is 0. The van der Waals surface area contributed by atoms with Gasteiger partial charge < -0.3 is 26.2 Å². The fraction of sp³-hybridized carbons (Fsp3) is 0.438. The maximum Gasteiger partial charge on any atom is 0.271 e. The van der Waals surface area contributed by atoms with Gasteiger partial charge in [-0.2, -0.15) is 0 Å². The fourth-order valence-electron chi connectivity index (χ4n) is 6.16. The molecular weight excluding hydrogens is 514 g/mol. The van der Waals surface area contributed by atoms with Gasteiger partial charge in [-0.3, -0.25) is 9.59 Å². The average Bonchev–Trinajstić information content (AvgIpc) is 3.84. The average molecular weight is 554 g/mol. The zero-order valence-corrected chi connectivity index (χ0v) is 23.7. The molecule has 2 aliphatic heterocycles. The van der Waals surface area contributed by atoms with Crippen LogP contribution < -0.4 is 21.3 Å². The SMILES string of the molecule is CC1(c2ccc(Nc3nc(N4CCCC(NC(=O)c5ccccc5)C4)cnc3C(N)=O)cc2)CCN(C2CC2)CC1. The summed E-state index contributed by atoms with van der Waals surface area (Å²) in [5.41, 5.74) is 8.74. The summed E-state index contributed by atoms with van der Waals surface area (Å²) in [6, 6.07) is 18.5. The van der Waals surface area contributed by atoms with Crippen LogP contribution in [0.2, 0.25) is 0 Å². The van der Waals surface area contributed by atoms with Gasteiger partial charge in [-0.25, -0.2) is 9.97 Å². The second-order valence-electron chi connectivity index (χ2n) is 11.9. The molecule has 41 heavy (non-hydrogen) atoms. The van der Waals surface area contributed by atoms with Gasteiger partial charge in [0, 0.05) is 36.4 Å². The molecule has 9 heteroatoms. The Labute approximate surface area is 241 Å². The van der Waals surface area contributed by atoms with Crippen molar-refractivity contribution in [1.82, 2.24) is 20.2 Å². The van der Waals surface area contributed by atoms with Gasteiger partial charge in [0.15, 0.2) is 11.5 Å². The zero-order valence-electron chi connectivity index (χ0n) is 23.7. The molecule has 4 N–H and O–H groups in total. The van der Waals surface area contributed by atoms with Gasteiger partial charge in [-0.05, 0) is 86.9 Å². The molecule has 1 unspecified atom stereocenters. The van der Waals surface area contributed by atoms with E-state index in [2.05, 4.69) is 44.5 Å². The Morgan fingerprint density at radius 3 is 2.39 bits per heavy atom. The fourth-order valence-corrected chi connectivity index (χ4v) is 6.16. The quantitative estimate of drug-likeness (QED) is 0.382. The molecule has 1 aliphatic carbocycles. The highest BCUT2D eigenvalue weighted by molar-refractivity contribution is 5.96. The Morgan fingerprint density at radius 2 is 1.71 bits per heavy atom. The van der Waals surface area contributed by atoms with Crippen LogP contribution in [0.3, 0.4) is 0 Å². The second kappa shape index (κ2) is 11.5. The minimum atomic E-state index is -0.634. The first-order chi connectivity index (χ1) is 19.9. The van der Waals surface area contributed by atoms with Crippen LogP contribution in [0.1, 0.15) is 71.9 Å². The van der Waals surface area contributed by atoms with Crippen LogP contribution >= 0.6 is 0 Å². The number of piperidine rings is 2. The summed E-state index contributed by atoms with van der Waals surface area (Å²) in [7, 11) is 0. The number of hydrogen-bond donors (Lipinski definition) is 3. The number of anilines is 3. The number of nitrogens with zero attached hydrogens (tertiary/aromatic N) is 4. The molecule has 0 bridgehead atoms. The van der Waals surface area contributed by atoms with E-state index in [0.29, 0.717) is 23.7 Å². The van der Waals surface area contributed by atoms with Gasteiger partial charge in [0.1, 0.15) is 5.82 Å². The van der Waals surface area contributed by atoms with E-state index in [-0.39, 0.29) is 23.1 Å². The van der Waals surface area contributed by atoms with E-state index < -0.39 is 5.91 Å². The van der Waals surface area contributed by atoms with Crippen molar-refractivity contribution in [2.75, 3.05) is 36.4 Å². The molecule has 0 spiro atoms. The molecule has 2 saturated heterocycles. The number of nitrogens with one attached hydrogen (secondary N) is 2. The van der Waals surface area contributed by atoms with Crippen LogP contribution in [0.15, 0.2) is 60.8 Å². The standard InChI is InChI=1S/C32H39N7O2/c1-32(15-18-38(19-16-32)26-13-14-26)23-9-11-24(12-10-23)35-30-28(29(33)40)34-20-27(37-30)39-17-5-8-25(21-39)36-31(41)22-6-3-2-4-7-22/h2-4,6-7,9-12,20,25-26H,5,8,13-19,21H2,1H3,(H2,33,40)(H,35,37)(H,36,41). The van der Waals surface area contributed by atoms with Crippen molar-refractivity contribution in [3.63, 3.8) is 0 Å². The molecule has 2 amide bonds. The van der Waals surface area contributed by atoms with Crippen molar-refractivity contribution in [3.8, 4) is 0 Å². The second-order valence-corrected chi connectivity index (χ2v) is 11.9. The summed E-state index contributed by atoms with van der Waals surface area (Å²) in [4.78, 5) is 38.8. The number of benzene rings is 2. The Morgan fingerprint density at radius 1 is 0.976 bits per heavy atom. The van der Waals surface area contributed by atoms with E-state index in [0.717, 1.165) is 44.0 Å². The molecule has 6 rings (SSSR count). The molecule has 1 aromatic heterocycles. The molecule has 9 nitrogen and oxygen atoms in total. The maximum atomic E-state index is 12.7. The predicted octanol–water partition coefficient (Wildman–Crippen LogP) is 4.23. The van der Waals surface area contributed by atoms with Crippen LogP contribution in [0.25, 0.3) is 0 Å². The van der Waals surface area contributed by atoms with Crippen LogP contribution in [-0.4, -0.2) is 64.9 Å². The Kier molecular flexibility index (Phi) is 7.62. The molecule has 3 fully saturated rings. The molecule has 1 atom stereocenters. The maximum absolute atomic E-state index is 12.7. The lowest BCUT2D eigenvalue weighted by Gasteiger charge is -2.40. The van der Waals surface area contributed by atoms with Crippen molar-refractivity contribution in [2.45, 2.75) is 62.9 Å². The molecule has 3 aliphatic rings. The van der Waals surface area contributed by atoms with Gasteiger partial charge in [0.25, 0.3) is 11.8 Å². The van der Waals surface area contributed by atoms with Gasteiger partial charge in [0.05, 0.1) is 6.20 Å². The van der Waals surface area contributed by atoms with Crippen molar-refractivity contribution in [3.05, 3.63) is 77.6 Å². The lowest BCUT2D eigenvalue weighted by atomic mass is 9.74. The zero-order chi connectivity index (χ0) is 28.4. The Balaban J connectivity index is 1.14. The normalized spacial score (nSPS) is 20.8. The van der Waals surface area contributed by atoms with Crippen LogP contribution in [0.5, 0.6) is 0 Å². The highest BCUT2D eigenvalue weighted by Gasteiger charge is 2.37. The van der Waals surface area contributed by atoms with E-state index in [1.54, 1.807) is 6.20 Å². The van der Waals surface area contributed by atoms with Crippen LogP contribution in [-0.2, 0) is 5.41 Å². The van der Waals surface area contributed by atoms with Gasteiger partial charge >= 0.3 is 0 Å². The first-order valence-corrected chi connectivity index (χ1v) is 14.8. The largest absolute Gasteiger partial charge is 0.364 e. The van der Waals surface area contributed by atoms with E-state index in [1.165, 1.54) is 31.5 Å². The number of likely N-dealkylation sites (tertiary alicyclic amines) is 1. The Bertz CT molecular complexity index is 1380. The van der Waals surface area contributed by atoms with Gasteiger partial charge in [-0.15, -0.1) is 0 Å².